The van der Waals surface area contributed by atoms with Gasteiger partial charge < -0.3 is 0 Å². The Labute approximate surface area is 124 Å². The maximum atomic E-state index is 4.49. The minimum absolute atomic E-state index is 0.0338. The molecule has 0 bridgehead atoms. The number of rotatable bonds is 4. The fourth-order valence-corrected chi connectivity index (χ4v) is 3.62. The number of fused-ring (bicyclic) bond motifs is 1. The number of hydrogen-bond acceptors (Lipinski definition) is 3. The third-order valence-corrected chi connectivity index (χ3v) is 4.94. The Kier molecular flexibility index (Phi) is 3.06. The van der Waals surface area contributed by atoms with Crippen molar-refractivity contribution < 1.29 is 0 Å². The van der Waals surface area contributed by atoms with Crippen LogP contribution in [0.1, 0.15) is 29.9 Å². The van der Waals surface area contributed by atoms with E-state index in [1.807, 2.05) is 12.1 Å². The molecular weight excluding hydrogens is 313 g/mol. The van der Waals surface area contributed by atoms with Crippen LogP contribution in [0.2, 0.25) is 0 Å². The molecule has 0 radical (unpaired) electrons. The van der Waals surface area contributed by atoms with Crippen molar-refractivity contribution in [2.24, 2.45) is 7.92 Å². The molecule has 2 aromatic rings. The van der Waals surface area contributed by atoms with Gasteiger partial charge in [-0.1, -0.05) is 0 Å². The van der Waals surface area contributed by atoms with Gasteiger partial charge in [0.05, 0.1) is 0 Å². The molecule has 100 valence electrons. The Morgan fingerprint density at radius 3 is 2.70 bits per heavy atom. The molecule has 1 heterocycles. The molecule has 1 N–H and O–H groups in total. The van der Waals surface area contributed by atoms with Crippen molar-refractivity contribution >= 4 is 31.6 Å². The second-order valence-corrected chi connectivity index (χ2v) is 6.42. The summed E-state index contributed by atoms with van der Waals surface area (Å²) in [5.74, 6) is 0.831. The summed E-state index contributed by atoms with van der Waals surface area (Å²) in [6.07, 6.45) is 2.72. The van der Waals surface area contributed by atoms with Crippen LogP contribution in [0.4, 0.5) is 17.1 Å². The van der Waals surface area contributed by atoms with Crippen LogP contribution in [0.5, 0.6) is 0 Å². The summed E-state index contributed by atoms with van der Waals surface area (Å²) in [5.41, 5.74) is 5.95. The number of hydrogen-bond donors (Lipinski definition) is 1. The van der Waals surface area contributed by atoms with E-state index in [0.29, 0.717) is 0 Å². The van der Waals surface area contributed by atoms with Crippen LogP contribution in [0.3, 0.4) is 0 Å². The molecule has 20 heavy (non-hydrogen) atoms. The van der Waals surface area contributed by atoms with Gasteiger partial charge in [-0.3, -0.25) is 0 Å². The van der Waals surface area contributed by atoms with E-state index in [9.17, 15) is 0 Å². The first-order valence-electron chi connectivity index (χ1n) is 6.94. The van der Waals surface area contributed by atoms with Gasteiger partial charge in [0.2, 0.25) is 0 Å². The zero-order chi connectivity index (χ0) is 13.4. The van der Waals surface area contributed by atoms with Gasteiger partial charge in [-0.15, -0.1) is 0 Å². The van der Waals surface area contributed by atoms with Gasteiger partial charge >= 0.3 is 124 Å². The molecule has 0 unspecified atom stereocenters. The molecule has 1 aliphatic heterocycles. The van der Waals surface area contributed by atoms with Gasteiger partial charge in [-0.2, -0.15) is 0 Å². The fourth-order valence-electron chi connectivity index (χ4n) is 2.47. The van der Waals surface area contributed by atoms with E-state index in [1.165, 1.54) is 24.0 Å². The van der Waals surface area contributed by atoms with Gasteiger partial charge in [-0.25, -0.2) is 0 Å². The van der Waals surface area contributed by atoms with Crippen molar-refractivity contribution in [3.63, 3.8) is 0 Å². The Bertz CT molecular complexity index is 711. The summed E-state index contributed by atoms with van der Waals surface area (Å²) in [7, 11) is 0. The zero-order valence-electron chi connectivity index (χ0n) is 11.0. The second-order valence-electron chi connectivity index (χ2n) is 5.31. The standard InChI is InChI=1S/C16H15N3Se/c1-2-14(16-15(3-1)18-20-19-16)17-10-11-4-6-12(7-5-11)13-8-9-13/h1-7,13,17H,8-10H2. The molecular formula is C16H15N3Se. The molecule has 0 spiro atoms. The van der Waals surface area contributed by atoms with Crippen molar-refractivity contribution in [1.82, 2.24) is 0 Å². The normalized spacial score (nSPS) is 15.8. The first-order valence-corrected chi connectivity index (χ1v) is 8.47. The maximum absolute atomic E-state index is 4.49. The van der Waals surface area contributed by atoms with E-state index in [4.69, 9.17) is 0 Å². The fraction of sp³-hybridized carbons (Fsp3) is 0.250. The molecule has 2 aliphatic rings. The van der Waals surface area contributed by atoms with Crippen molar-refractivity contribution in [3.05, 3.63) is 53.6 Å². The average molecular weight is 328 g/mol. The van der Waals surface area contributed by atoms with Crippen molar-refractivity contribution in [1.29, 1.82) is 0 Å². The number of nitrogens with one attached hydrogen (secondary N) is 1. The van der Waals surface area contributed by atoms with Gasteiger partial charge in [0.15, 0.2) is 0 Å². The van der Waals surface area contributed by atoms with Crippen molar-refractivity contribution in [3.8, 4) is 0 Å². The predicted octanol–water partition coefficient (Wildman–Crippen LogP) is 4.52. The monoisotopic (exact) mass is 329 g/mol. The number of benzene rings is 2. The first-order chi connectivity index (χ1) is 9.90. The molecule has 0 amide bonds. The summed E-state index contributed by atoms with van der Waals surface area (Å²) in [6, 6.07) is 15.2. The van der Waals surface area contributed by atoms with E-state index in [-0.39, 0.29) is 14.6 Å². The van der Waals surface area contributed by atoms with E-state index < -0.39 is 0 Å². The molecule has 0 atom stereocenters. The second kappa shape index (κ2) is 5.04. The summed E-state index contributed by atoms with van der Waals surface area (Å²) >= 11 is 0.0338. The van der Waals surface area contributed by atoms with E-state index in [0.717, 1.165) is 29.5 Å². The van der Waals surface area contributed by atoms with Crippen LogP contribution in [0.15, 0.2) is 50.4 Å². The Hall–Kier alpha value is -1.64. The summed E-state index contributed by atoms with van der Waals surface area (Å²) in [4.78, 5) is 0. The van der Waals surface area contributed by atoms with Crippen LogP contribution in [0, 0.1) is 0 Å². The molecule has 1 fully saturated rings. The summed E-state index contributed by atoms with van der Waals surface area (Å²) < 4.78 is 8.90. The summed E-state index contributed by atoms with van der Waals surface area (Å²) in [6.45, 7) is 0.837. The van der Waals surface area contributed by atoms with E-state index >= 15 is 0 Å². The zero-order valence-corrected chi connectivity index (χ0v) is 12.8. The molecule has 4 heteroatoms. The van der Waals surface area contributed by atoms with Crippen LogP contribution in [0.25, 0.3) is 0 Å². The number of anilines is 1. The molecule has 0 aromatic heterocycles. The molecule has 1 aliphatic carbocycles. The molecule has 0 saturated heterocycles. The Balaban J connectivity index is 1.48. The van der Waals surface area contributed by atoms with Crippen LogP contribution < -0.4 is 5.32 Å². The van der Waals surface area contributed by atoms with Crippen LogP contribution in [-0.2, 0) is 6.54 Å². The number of nitrogens with zero attached hydrogens (tertiary/aromatic N) is 2. The molecule has 4 rings (SSSR count). The van der Waals surface area contributed by atoms with Crippen molar-refractivity contribution in [2.45, 2.75) is 25.3 Å². The van der Waals surface area contributed by atoms with Crippen LogP contribution in [-0.4, -0.2) is 14.6 Å². The van der Waals surface area contributed by atoms with E-state index in [1.54, 1.807) is 0 Å². The quantitative estimate of drug-likeness (QED) is 0.702. The van der Waals surface area contributed by atoms with Crippen molar-refractivity contribution in [2.75, 3.05) is 5.32 Å². The molecule has 2 aromatic carbocycles. The molecule has 3 nitrogen and oxygen atoms in total. The Morgan fingerprint density at radius 2 is 1.90 bits per heavy atom. The third-order valence-electron chi connectivity index (χ3n) is 3.80. The Morgan fingerprint density at radius 1 is 1.05 bits per heavy atom. The first kappa shape index (κ1) is 12.1. The summed E-state index contributed by atoms with van der Waals surface area (Å²) in [5, 5.41) is 3.48. The average Bonchev–Trinajstić information content (AvgIpc) is 3.23. The topological polar surface area (TPSA) is 36.8 Å². The predicted molar refractivity (Wildman–Crippen MR) is 82.1 cm³/mol. The van der Waals surface area contributed by atoms with Crippen LogP contribution >= 0.6 is 0 Å². The SMILES string of the molecule is c1cc2c(c(NCc3ccc(C4CC4)cc3)c1)N=[Se]=N2. The molecule has 1 saturated carbocycles. The van der Waals surface area contributed by atoms with Gasteiger partial charge in [-0.05, 0) is 0 Å². The van der Waals surface area contributed by atoms with Gasteiger partial charge in [0, 0.05) is 0 Å². The minimum atomic E-state index is 0.0338. The van der Waals surface area contributed by atoms with E-state index in [2.05, 4.69) is 43.6 Å². The van der Waals surface area contributed by atoms with Gasteiger partial charge in [0.1, 0.15) is 0 Å². The van der Waals surface area contributed by atoms with Gasteiger partial charge in [0.25, 0.3) is 0 Å². The third kappa shape index (κ3) is 2.37.